The first-order valence-electron chi connectivity index (χ1n) is 13.0. The summed E-state index contributed by atoms with van der Waals surface area (Å²) in [6.45, 7) is 0.484. The number of nitrogens with zero attached hydrogens (tertiary/aromatic N) is 1. The maximum Gasteiger partial charge on any atom is 0.293 e. The Bertz CT molecular complexity index is 1900. The number of benzene rings is 5. The van der Waals surface area contributed by atoms with Gasteiger partial charge in [-0.2, -0.15) is 0 Å². The van der Waals surface area contributed by atoms with Crippen LogP contribution in [0.1, 0.15) is 16.7 Å². The number of carbonyl (C=O) groups is 2. The molecule has 8 heteroatoms. The highest BCUT2D eigenvalue weighted by Gasteiger charge is 2.36. The molecule has 0 aromatic heterocycles. The molecule has 5 aromatic rings. The quantitative estimate of drug-likeness (QED) is 0.189. The number of halogens is 1. The second-order valence-corrected chi connectivity index (χ2v) is 11.1. The van der Waals surface area contributed by atoms with Crippen molar-refractivity contribution in [1.29, 1.82) is 0 Å². The van der Waals surface area contributed by atoms with Crippen molar-refractivity contribution in [3.63, 3.8) is 0 Å². The predicted octanol–water partition coefficient (Wildman–Crippen LogP) is 8.19. The van der Waals surface area contributed by atoms with Crippen LogP contribution in [0.4, 0.5) is 4.79 Å². The summed E-state index contributed by atoms with van der Waals surface area (Å²) in [5.41, 5.74) is 2.40. The molecule has 0 aliphatic carbocycles. The molecule has 0 atom stereocenters. The minimum atomic E-state index is -0.387. The van der Waals surface area contributed by atoms with E-state index < -0.39 is 0 Å². The van der Waals surface area contributed by atoms with Crippen molar-refractivity contribution in [2.24, 2.45) is 0 Å². The Morgan fingerprint density at radius 2 is 1.54 bits per heavy atom. The van der Waals surface area contributed by atoms with Crippen molar-refractivity contribution < 1.29 is 23.8 Å². The molecule has 0 radical (unpaired) electrons. The van der Waals surface area contributed by atoms with Gasteiger partial charge in [0.05, 0.1) is 11.4 Å². The van der Waals surface area contributed by atoms with Gasteiger partial charge in [-0.15, -0.1) is 0 Å². The molecule has 1 fully saturated rings. The zero-order valence-electron chi connectivity index (χ0n) is 21.6. The third-order valence-corrected chi connectivity index (χ3v) is 8.47. The Labute approximate surface area is 245 Å². The third kappa shape index (κ3) is 4.77. The largest absolute Gasteiger partial charge is 0.488 e. The van der Waals surface area contributed by atoms with Crippen LogP contribution in [0.3, 0.4) is 0 Å². The number of amides is 2. The summed E-state index contributed by atoms with van der Waals surface area (Å²) in [5.74, 6) is 1.32. The molecule has 2 aliphatic rings. The van der Waals surface area contributed by atoms with E-state index in [1.807, 2.05) is 54.6 Å². The van der Waals surface area contributed by atoms with Gasteiger partial charge < -0.3 is 14.2 Å². The second kappa shape index (κ2) is 10.5. The molecule has 0 spiro atoms. The molecule has 41 heavy (non-hydrogen) atoms. The molecule has 5 aromatic carbocycles. The first-order chi connectivity index (χ1) is 20.0. The summed E-state index contributed by atoms with van der Waals surface area (Å²) in [6.07, 6.45) is 1.76. The fraction of sp³-hybridized carbons (Fsp3) is 0.0909. The van der Waals surface area contributed by atoms with E-state index in [2.05, 4.69) is 24.3 Å². The van der Waals surface area contributed by atoms with Gasteiger partial charge >= 0.3 is 0 Å². The molecule has 1 saturated heterocycles. The van der Waals surface area contributed by atoms with Crippen molar-refractivity contribution in [2.75, 3.05) is 6.79 Å². The van der Waals surface area contributed by atoms with E-state index in [-0.39, 0.29) is 24.5 Å². The lowest BCUT2D eigenvalue weighted by molar-refractivity contribution is -0.123. The SMILES string of the molecule is O=C1S/C(=C\c2c(OCc3cccc4ccccc34)ccc3ccccc23)C(=O)N1Cc1cc2c(cc1Cl)OCO2. The van der Waals surface area contributed by atoms with Crippen LogP contribution in [0.15, 0.2) is 95.9 Å². The van der Waals surface area contributed by atoms with Crippen molar-refractivity contribution in [3.8, 4) is 17.2 Å². The smallest absolute Gasteiger partial charge is 0.293 e. The topological polar surface area (TPSA) is 65.1 Å². The number of fused-ring (bicyclic) bond motifs is 3. The minimum absolute atomic E-state index is 0.0253. The van der Waals surface area contributed by atoms with Gasteiger partial charge in [-0.05, 0) is 62.6 Å². The van der Waals surface area contributed by atoms with E-state index in [4.69, 9.17) is 25.8 Å². The molecule has 0 saturated carbocycles. The van der Waals surface area contributed by atoms with Gasteiger partial charge in [0.2, 0.25) is 6.79 Å². The fourth-order valence-corrected chi connectivity index (χ4v) is 6.18. The van der Waals surface area contributed by atoms with E-state index in [1.54, 1.807) is 18.2 Å². The summed E-state index contributed by atoms with van der Waals surface area (Å²) in [7, 11) is 0. The molecule has 0 bridgehead atoms. The van der Waals surface area contributed by atoms with E-state index in [0.717, 1.165) is 44.4 Å². The van der Waals surface area contributed by atoms with Crippen LogP contribution in [0.2, 0.25) is 5.02 Å². The highest BCUT2D eigenvalue weighted by Crippen LogP contribution is 2.41. The lowest BCUT2D eigenvalue weighted by Gasteiger charge is -2.15. The average molecular weight is 580 g/mol. The molecule has 202 valence electrons. The van der Waals surface area contributed by atoms with Gasteiger partial charge in [0, 0.05) is 16.7 Å². The number of carbonyl (C=O) groups excluding carboxylic acids is 2. The van der Waals surface area contributed by atoms with Crippen LogP contribution < -0.4 is 14.2 Å². The van der Waals surface area contributed by atoms with E-state index >= 15 is 0 Å². The molecule has 0 N–H and O–H groups in total. The van der Waals surface area contributed by atoms with E-state index in [9.17, 15) is 9.59 Å². The lowest BCUT2D eigenvalue weighted by atomic mass is 10.0. The van der Waals surface area contributed by atoms with Crippen LogP contribution >= 0.6 is 23.4 Å². The Kier molecular flexibility index (Phi) is 6.53. The van der Waals surface area contributed by atoms with E-state index in [0.29, 0.717) is 39.3 Å². The normalized spacial score (nSPS) is 15.4. The maximum atomic E-state index is 13.5. The number of hydrogen-bond acceptors (Lipinski definition) is 6. The molecule has 7 rings (SSSR count). The van der Waals surface area contributed by atoms with Crippen LogP contribution in [0, 0.1) is 0 Å². The zero-order chi connectivity index (χ0) is 27.9. The predicted molar refractivity (Wildman–Crippen MR) is 161 cm³/mol. The van der Waals surface area contributed by atoms with Crippen LogP contribution in [0.25, 0.3) is 27.6 Å². The highest BCUT2D eigenvalue weighted by molar-refractivity contribution is 8.18. The van der Waals surface area contributed by atoms with Crippen LogP contribution in [-0.4, -0.2) is 22.8 Å². The first-order valence-corrected chi connectivity index (χ1v) is 14.2. The van der Waals surface area contributed by atoms with Crippen molar-refractivity contribution in [3.05, 3.63) is 118 Å². The molecular formula is C33H22ClNO5S. The molecular weight excluding hydrogens is 558 g/mol. The fourth-order valence-electron chi connectivity index (χ4n) is 5.14. The summed E-state index contributed by atoms with van der Waals surface area (Å²) in [4.78, 5) is 28.0. The van der Waals surface area contributed by atoms with Gasteiger partial charge in [-0.1, -0.05) is 84.4 Å². The monoisotopic (exact) mass is 579 g/mol. The Morgan fingerprint density at radius 3 is 2.37 bits per heavy atom. The van der Waals surface area contributed by atoms with Crippen molar-refractivity contribution in [2.45, 2.75) is 13.2 Å². The van der Waals surface area contributed by atoms with Gasteiger partial charge in [0.1, 0.15) is 12.4 Å². The lowest BCUT2D eigenvalue weighted by Crippen LogP contribution is -2.27. The van der Waals surface area contributed by atoms with E-state index in [1.165, 1.54) is 4.90 Å². The molecule has 2 aliphatic heterocycles. The molecule has 6 nitrogen and oxygen atoms in total. The van der Waals surface area contributed by atoms with Crippen LogP contribution in [0.5, 0.6) is 17.2 Å². The molecule has 2 amide bonds. The van der Waals surface area contributed by atoms with Crippen molar-refractivity contribution in [1.82, 2.24) is 4.90 Å². The highest BCUT2D eigenvalue weighted by atomic mass is 35.5. The number of ether oxygens (including phenoxy) is 3. The van der Waals surface area contributed by atoms with Gasteiger partial charge in [-0.25, -0.2) is 0 Å². The van der Waals surface area contributed by atoms with Gasteiger partial charge in [0.25, 0.3) is 11.1 Å². The number of hydrogen-bond donors (Lipinski definition) is 0. The number of imide groups is 1. The maximum absolute atomic E-state index is 13.5. The Balaban J connectivity index is 1.21. The van der Waals surface area contributed by atoms with Crippen LogP contribution in [-0.2, 0) is 17.9 Å². The van der Waals surface area contributed by atoms with Gasteiger partial charge in [0.15, 0.2) is 11.5 Å². The Hall–Kier alpha value is -4.46. The standard InChI is InChI=1S/C33H22ClNO5S/c34-27-16-30-29(39-19-40-30)14-23(27)17-35-32(36)31(41-33(35)37)15-26-25-11-4-2-7-21(25)12-13-28(26)38-18-22-9-5-8-20-6-1-3-10-24(20)22/h1-16H,17-19H2/b31-15-. The number of rotatable bonds is 6. The van der Waals surface area contributed by atoms with Crippen molar-refractivity contribution >= 4 is 62.1 Å². The summed E-state index contributed by atoms with van der Waals surface area (Å²) < 4.78 is 17.2. The summed E-state index contributed by atoms with van der Waals surface area (Å²) >= 11 is 7.34. The zero-order valence-corrected chi connectivity index (χ0v) is 23.2. The third-order valence-electron chi connectivity index (χ3n) is 7.21. The first kappa shape index (κ1) is 25.5. The Morgan fingerprint density at radius 1 is 0.829 bits per heavy atom. The minimum Gasteiger partial charge on any atom is -0.488 e. The van der Waals surface area contributed by atoms with Gasteiger partial charge in [-0.3, -0.25) is 14.5 Å². The second-order valence-electron chi connectivity index (χ2n) is 9.69. The summed E-state index contributed by atoms with van der Waals surface area (Å²) in [6, 6.07) is 29.5. The summed E-state index contributed by atoms with van der Waals surface area (Å²) in [5, 5.41) is 4.23. The average Bonchev–Trinajstić information content (AvgIpc) is 3.55. The number of thioether (sulfide) groups is 1. The molecule has 2 heterocycles. The molecule has 0 unspecified atom stereocenters.